The zero-order valence-corrected chi connectivity index (χ0v) is 14.7. The number of benzene rings is 1. The van der Waals surface area contributed by atoms with Gasteiger partial charge in [-0.05, 0) is 24.3 Å². The number of alkyl halides is 3. The van der Waals surface area contributed by atoms with E-state index in [1.807, 2.05) is 5.32 Å². The van der Waals surface area contributed by atoms with Crippen molar-refractivity contribution in [3.05, 3.63) is 29.3 Å². The fraction of sp³-hybridized carbons (Fsp3) is 0.500. The summed E-state index contributed by atoms with van der Waals surface area (Å²) in [5.74, 6) is -0.707. The molecule has 1 amide bonds. The van der Waals surface area contributed by atoms with Crippen LogP contribution in [0.25, 0.3) is 0 Å². The highest BCUT2D eigenvalue weighted by Gasteiger charge is 2.32. The summed E-state index contributed by atoms with van der Waals surface area (Å²) in [5.41, 5.74) is 0. The van der Waals surface area contributed by atoms with Crippen molar-refractivity contribution in [1.29, 1.82) is 0 Å². The molecule has 2 rings (SSSR count). The first kappa shape index (κ1) is 20.0. The monoisotopic (exact) mass is 400 g/mol. The van der Waals surface area contributed by atoms with E-state index in [2.05, 4.69) is 0 Å². The van der Waals surface area contributed by atoms with Crippen LogP contribution in [-0.2, 0) is 14.8 Å². The minimum absolute atomic E-state index is 0.120. The number of sulfonamides is 1. The minimum Gasteiger partial charge on any atom is -0.342 e. The summed E-state index contributed by atoms with van der Waals surface area (Å²) in [6.07, 6.45) is -4.45. The highest BCUT2D eigenvalue weighted by Crippen LogP contribution is 2.18. The Hall–Kier alpha value is -1.36. The third kappa shape index (κ3) is 5.84. The lowest BCUT2D eigenvalue weighted by Crippen LogP contribution is -3.15. The zero-order chi connectivity index (χ0) is 18.7. The molecular weight excluding hydrogens is 383 g/mol. The average molecular weight is 401 g/mol. The number of amides is 1. The molecule has 0 saturated carbocycles. The minimum atomic E-state index is -4.45. The Morgan fingerprint density at radius 2 is 1.76 bits per heavy atom. The Morgan fingerprint density at radius 3 is 2.28 bits per heavy atom. The molecule has 0 spiro atoms. The van der Waals surface area contributed by atoms with Crippen LogP contribution in [0.3, 0.4) is 0 Å². The number of rotatable bonds is 5. The Labute approximate surface area is 148 Å². The smallest absolute Gasteiger partial charge is 0.342 e. The van der Waals surface area contributed by atoms with Crippen LogP contribution >= 0.6 is 11.6 Å². The van der Waals surface area contributed by atoms with Crippen LogP contribution in [0, 0.1) is 0 Å². The van der Waals surface area contributed by atoms with Gasteiger partial charge in [0.15, 0.2) is 6.54 Å². The van der Waals surface area contributed by atoms with Gasteiger partial charge in [-0.3, -0.25) is 4.79 Å². The lowest BCUT2D eigenvalue weighted by atomic mass is 10.3. The van der Waals surface area contributed by atoms with Crippen LogP contribution in [0.5, 0.6) is 0 Å². The fourth-order valence-corrected chi connectivity index (χ4v) is 4.03. The topological polar surface area (TPSA) is 70.9 Å². The van der Waals surface area contributed by atoms with E-state index in [0.29, 0.717) is 18.1 Å². The first-order valence-electron chi connectivity index (χ1n) is 7.51. The van der Waals surface area contributed by atoms with E-state index in [1.165, 1.54) is 28.6 Å². The van der Waals surface area contributed by atoms with Gasteiger partial charge in [0.2, 0.25) is 10.0 Å². The first-order valence-corrected chi connectivity index (χ1v) is 9.32. The molecule has 1 aromatic carbocycles. The van der Waals surface area contributed by atoms with Crippen molar-refractivity contribution in [3.63, 3.8) is 0 Å². The third-order valence-corrected chi connectivity index (χ3v) is 5.94. The standard InChI is InChI=1S/C14H17ClF3N3O3S/c15-11-1-3-12(4-2-11)25(23,24)21-7-5-20(6-8-21)9-13(22)19-10-14(16,17)18/h1-4H,5-10H2,(H,19,22)/p+1. The zero-order valence-electron chi connectivity index (χ0n) is 13.1. The highest BCUT2D eigenvalue weighted by atomic mass is 35.5. The van der Waals surface area contributed by atoms with Crippen molar-refractivity contribution in [3.8, 4) is 0 Å². The fourth-order valence-electron chi connectivity index (χ4n) is 2.46. The van der Waals surface area contributed by atoms with Gasteiger partial charge in [-0.15, -0.1) is 0 Å². The predicted molar refractivity (Wildman–Crippen MR) is 84.8 cm³/mol. The second-order valence-corrected chi connectivity index (χ2v) is 8.05. The molecule has 0 radical (unpaired) electrons. The Morgan fingerprint density at radius 1 is 1.20 bits per heavy atom. The summed E-state index contributed by atoms with van der Waals surface area (Å²) in [7, 11) is -3.65. The van der Waals surface area contributed by atoms with Gasteiger partial charge < -0.3 is 10.2 Å². The van der Waals surface area contributed by atoms with Gasteiger partial charge >= 0.3 is 6.18 Å². The van der Waals surface area contributed by atoms with E-state index in [-0.39, 0.29) is 24.5 Å². The number of hydrogen-bond acceptors (Lipinski definition) is 3. The number of carbonyl (C=O) groups excluding carboxylic acids is 1. The summed E-state index contributed by atoms with van der Waals surface area (Å²) >= 11 is 5.75. The van der Waals surface area contributed by atoms with E-state index in [9.17, 15) is 26.4 Å². The molecule has 2 N–H and O–H groups in total. The molecule has 25 heavy (non-hydrogen) atoms. The molecule has 0 bridgehead atoms. The second-order valence-electron chi connectivity index (χ2n) is 5.68. The van der Waals surface area contributed by atoms with Gasteiger partial charge in [-0.25, -0.2) is 8.42 Å². The predicted octanol–water partition coefficient (Wildman–Crippen LogP) is -0.0923. The number of quaternary nitrogens is 1. The molecule has 1 fully saturated rings. The molecule has 0 aromatic heterocycles. The van der Waals surface area contributed by atoms with Crippen molar-refractivity contribution < 1.29 is 31.3 Å². The van der Waals surface area contributed by atoms with Crippen LogP contribution in [0.4, 0.5) is 13.2 Å². The van der Waals surface area contributed by atoms with E-state index in [0.717, 1.165) is 4.90 Å². The quantitative estimate of drug-likeness (QED) is 0.725. The van der Waals surface area contributed by atoms with Crippen molar-refractivity contribution in [2.75, 3.05) is 39.3 Å². The van der Waals surface area contributed by atoms with Gasteiger partial charge in [0, 0.05) is 5.02 Å². The summed E-state index contributed by atoms with van der Waals surface area (Å²) in [5, 5.41) is 2.24. The van der Waals surface area contributed by atoms with E-state index in [1.54, 1.807) is 0 Å². The lowest BCUT2D eigenvalue weighted by Gasteiger charge is -2.31. The number of nitrogens with one attached hydrogen (secondary N) is 2. The molecule has 1 saturated heterocycles. The molecule has 1 aliphatic rings. The molecule has 0 aliphatic carbocycles. The van der Waals surface area contributed by atoms with E-state index in [4.69, 9.17) is 11.6 Å². The van der Waals surface area contributed by atoms with Gasteiger partial charge in [-0.2, -0.15) is 17.5 Å². The molecule has 1 aliphatic heterocycles. The summed E-state index contributed by atoms with van der Waals surface area (Å²) in [4.78, 5) is 12.4. The Balaban J connectivity index is 1.87. The van der Waals surface area contributed by atoms with Crippen molar-refractivity contribution in [1.82, 2.24) is 9.62 Å². The van der Waals surface area contributed by atoms with Crippen molar-refractivity contribution >= 4 is 27.5 Å². The van der Waals surface area contributed by atoms with Crippen LogP contribution < -0.4 is 10.2 Å². The second kappa shape index (κ2) is 7.90. The average Bonchev–Trinajstić information content (AvgIpc) is 2.53. The molecule has 140 valence electrons. The van der Waals surface area contributed by atoms with Crippen molar-refractivity contribution in [2.24, 2.45) is 0 Å². The summed E-state index contributed by atoms with van der Waals surface area (Å²) < 4.78 is 62.5. The lowest BCUT2D eigenvalue weighted by molar-refractivity contribution is -0.895. The normalized spacial score (nSPS) is 17.4. The van der Waals surface area contributed by atoms with Crippen LogP contribution in [0.2, 0.25) is 5.02 Å². The Bertz CT molecular complexity index is 702. The Kier molecular flexibility index (Phi) is 6.30. The van der Waals surface area contributed by atoms with E-state index < -0.39 is 28.7 Å². The molecular formula is C14H18ClF3N3O3S+. The van der Waals surface area contributed by atoms with Gasteiger partial charge in [0.05, 0.1) is 31.1 Å². The van der Waals surface area contributed by atoms with Gasteiger partial charge in [0.25, 0.3) is 5.91 Å². The van der Waals surface area contributed by atoms with Crippen LogP contribution in [0.1, 0.15) is 0 Å². The van der Waals surface area contributed by atoms with Crippen LogP contribution in [-0.4, -0.2) is 64.1 Å². The van der Waals surface area contributed by atoms with Gasteiger partial charge in [-0.1, -0.05) is 11.6 Å². The number of piperazine rings is 1. The number of nitrogens with zero attached hydrogens (tertiary/aromatic N) is 1. The maximum atomic E-state index is 12.5. The third-order valence-electron chi connectivity index (χ3n) is 3.78. The molecule has 0 unspecified atom stereocenters. The molecule has 11 heteroatoms. The molecule has 6 nitrogen and oxygen atoms in total. The molecule has 1 aromatic rings. The van der Waals surface area contributed by atoms with Crippen LogP contribution in [0.15, 0.2) is 29.2 Å². The summed E-state index contributed by atoms with van der Waals surface area (Å²) in [6, 6.07) is 5.81. The SMILES string of the molecule is O=C(C[NH+]1CCN(S(=O)(=O)c2ccc(Cl)cc2)CC1)NCC(F)(F)F. The van der Waals surface area contributed by atoms with Crippen molar-refractivity contribution in [2.45, 2.75) is 11.1 Å². The number of carbonyl (C=O) groups is 1. The maximum Gasteiger partial charge on any atom is 0.405 e. The number of halogens is 4. The maximum absolute atomic E-state index is 12.5. The molecule has 1 heterocycles. The number of hydrogen-bond donors (Lipinski definition) is 2. The van der Waals surface area contributed by atoms with E-state index >= 15 is 0 Å². The highest BCUT2D eigenvalue weighted by molar-refractivity contribution is 7.89. The first-order chi connectivity index (χ1) is 11.6. The summed E-state index contributed by atoms with van der Waals surface area (Å²) in [6.45, 7) is -0.431. The largest absolute Gasteiger partial charge is 0.405 e. The van der Waals surface area contributed by atoms with Gasteiger partial charge in [0.1, 0.15) is 6.54 Å². The molecule has 0 atom stereocenters.